The number of fused-ring (bicyclic) bond motifs is 1. The molecule has 1 unspecified atom stereocenters. The Morgan fingerprint density at radius 3 is 2.48 bits per heavy atom. The van der Waals surface area contributed by atoms with Gasteiger partial charge in [0.2, 0.25) is 5.91 Å². The van der Waals surface area contributed by atoms with Gasteiger partial charge in [-0.25, -0.2) is 4.79 Å². The van der Waals surface area contributed by atoms with Crippen LogP contribution in [0, 0.1) is 5.92 Å². The molecule has 6 heteroatoms. The Morgan fingerprint density at radius 2 is 1.88 bits per heavy atom. The Hall–Kier alpha value is -2.63. The van der Waals surface area contributed by atoms with Crippen LogP contribution in [-0.4, -0.2) is 35.4 Å². The van der Waals surface area contributed by atoms with Gasteiger partial charge in [0.25, 0.3) is 0 Å². The van der Waals surface area contributed by atoms with Crippen molar-refractivity contribution in [2.45, 2.75) is 39.8 Å². The van der Waals surface area contributed by atoms with Crippen LogP contribution in [0.25, 0.3) is 10.9 Å². The summed E-state index contributed by atoms with van der Waals surface area (Å²) in [6, 6.07) is 6.94. The fraction of sp³-hybridized carbons (Fsp3) is 0.421. The number of amides is 1. The summed E-state index contributed by atoms with van der Waals surface area (Å²) >= 11 is 0. The van der Waals surface area contributed by atoms with Crippen molar-refractivity contribution < 1.29 is 19.1 Å². The fourth-order valence-electron chi connectivity index (χ4n) is 2.80. The van der Waals surface area contributed by atoms with Crippen molar-refractivity contribution in [3.63, 3.8) is 0 Å². The predicted octanol–water partition coefficient (Wildman–Crippen LogP) is 2.55. The number of para-hydroxylation sites is 1. The zero-order chi connectivity index (χ0) is 18.6. The maximum Gasteiger partial charge on any atom is 0.328 e. The predicted molar refractivity (Wildman–Crippen MR) is 95.3 cm³/mol. The molecule has 134 valence electrons. The Bertz CT molecular complexity index is 792. The van der Waals surface area contributed by atoms with Gasteiger partial charge in [-0.05, 0) is 18.9 Å². The van der Waals surface area contributed by atoms with E-state index in [1.54, 1.807) is 6.20 Å². The van der Waals surface area contributed by atoms with Crippen LogP contribution >= 0.6 is 0 Å². The van der Waals surface area contributed by atoms with E-state index >= 15 is 0 Å². The third-order valence-corrected chi connectivity index (χ3v) is 4.19. The first-order chi connectivity index (χ1) is 11.8. The van der Waals surface area contributed by atoms with E-state index in [4.69, 9.17) is 4.74 Å². The first-order valence-corrected chi connectivity index (χ1v) is 8.31. The van der Waals surface area contributed by atoms with E-state index in [9.17, 15) is 14.4 Å². The number of methoxy groups -OCH3 is 1. The van der Waals surface area contributed by atoms with Gasteiger partial charge in [-0.3, -0.25) is 9.59 Å². The molecule has 1 atom stereocenters. The number of ether oxygens (including phenoxy) is 1. The molecule has 0 fully saturated rings. The summed E-state index contributed by atoms with van der Waals surface area (Å²) in [5.74, 6) is -0.752. The molecule has 0 aliphatic carbocycles. The smallest absolute Gasteiger partial charge is 0.328 e. The van der Waals surface area contributed by atoms with Crippen molar-refractivity contribution in [1.82, 2.24) is 9.88 Å². The van der Waals surface area contributed by atoms with Crippen molar-refractivity contribution in [3.8, 4) is 0 Å². The summed E-state index contributed by atoms with van der Waals surface area (Å²) in [5, 5.41) is 3.60. The molecule has 1 aromatic carbocycles. The number of carbonyl (C=O) groups is 3. The van der Waals surface area contributed by atoms with Crippen molar-refractivity contribution in [3.05, 3.63) is 36.0 Å². The molecule has 0 bridgehead atoms. The van der Waals surface area contributed by atoms with Crippen LogP contribution in [0.3, 0.4) is 0 Å². The summed E-state index contributed by atoms with van der Waals surface area (Å²) in [6.07, 6.45) is 1.98. The lowest BCUT2D eigenvalue weighted by molar-refractivity contribution is -0.146. The monoisotopic (exact) mass is 344 g/mol. The average molecular weight is 344 g/mol. The second kappa shape index (κ2) is 7.96. The summed E-state index contributed by atoms with van der Waals surface area (Å²) in [5.41, 5.74) is 1.56. The number of aromatic nitrogens is 1. The van der Waals surface area contributed by atoms with Crippen molar-refractivity contribution >= 4 is 28.6 Å². The zero-order valence-electron chi connectivity index (χ0n) is 15.0. The van der Waals surface area contributed by atoms with E-state index in [2.05, 4.69) is 5.32 Å². The van der Waals surface area contributed by atoms with Gasteiger partial charge in [-0.15, -0.1) is 0 Å². The van der Waals surface area contributed by atoms with Crippen molar-refractivity contribution in [1.29, 1.82) is 0 Å². The Kier molecular flexibility index (Phi) is 5.96. The topological polar surface area (TPSA) is 77.4 Å². The largest absolute Gasteiger partial charge is 0.467 e. The molecular formula is C19H24N2O4. The molecule has 6 nitrogen and oxygen atoms in total. The normalized spacial score (nSPS) is 12.2. The molecule has 2 aromatic rings. The number of rotatable bonds is 7. The quantitative estimate of drug-likeness (QED) is 0.618. The minimum absolute atomic E-state index is 0.00929. The minimum atomic E-state index is -0.660. The lowest BCUT2D eigenvalue weighted by Crippen LogP contribution is -2.45. The van der Waals surface area contributed by atoms with Gasteiger partial charge >= 0.3 is 5.97 Å². The van der Waals surface area contributed by atoms with Crippen LogP contribution in [0.15, 0.2) is 30.5 Å². The summed E-state index contributed by atoms with van der Waals surface area (Å²) in [6.45, 7) is 5.65. The van der Waals surface area contributed by atoms with Crippen LogP contribution < -0.4 is 5.32 Å². The van der Waals surface area contributed by atoms with Gasteiger partial charge in [-0.2, -0.15) is 0 Å². The Morgan fingerprint density at radius 1 is 1.20 bits per heavy atom. The third-order valence-electron chi connectivity index (χ3n) is 4.19. The Labute approximate surface area is 147 Å². The molecule has 1 N–H and O–H groups in total. The van der Waals surface area contributed by atoms with E-state index in [-0.39, 0.29) is 24.0 Å². The SMILES string of the molecule is COC(=O)C(NC(=O)CCn1cc(C(C)=O)c2ccccc21)C(C)C. The second-order valence-corrected chi connectivity index (χ2v) is 6.37. The molecule has 0 spiro atoms. The molecule has 1 aromatic heterocycles. The first kappa shape index (κ1) is 18.7. The van der Waals surface area contributed by atoms with Crippen LogP contribution in [-0.2, 0) is 20.9 Å². The number of hydrogen-bond acceptors (Lipinski definition) is 4. The number of nitrogens with zero attached hydrogens (tertiary/aromatic N) is 1. The number of Topliss-reactive ketones (excluding diaryl/α,β-unsaturated/α-hetero) is 1. The van der Waals surface area contributed by atoms with Gasteiger partial charge in [0, 0.05) is 35.6 Å². The van der Waals surface area contributed by atoms with E-state index in [1.165, 1.54) is 14.0 Å². The molecule has 0 saturated carbocycles. The lowest BCUT2D eigenvalue weighted by atomic mass is 10.0. The molecule has 0 aliphatic rings. The average Bonchev–Trinajstić information content (AvgIpc) is 2.96. The number of carbonyl (C=O) groups excluding carboxylic acids is 3. The molecular weight excluding hydrogens is 320 g/mol. The second-order valence-electron chi connectivity index (χ2n) is 6.37. The molecule has 1 amide bonds. The summed E-state index contributed by atoms with van der Waals surface area (Å²) in [4.78, 5) is 35.8. The van der Waals surface area contributed by atoms with E-state index in [0.29, 0.717) is 12.1 Å². The van der Waals surface area contributed by atoms with Gasteiger partial charge in [0.05, 0.1) is 7.11 Å². The Balaban J connectivity index is 2.11. The number of esters is 1. The summed E-state index contributed by atoms with van der Waals surface area (Å²) in [7, 11) is 1.30. The zero-order valence-corrected chi connectivity index (χ0v) is 15.0. The van der Waals surface area contributed by atoms with Gasteiger partial charge in [0.1, 0.15) is 6.04 Å². The maximum absolute atomic E-state index is 12.2. The molecule has 2 rings (SSSR count). The number of aryl methyl sites for hydroxylation is 1. The highest BCUT2D eigenvalue weighted by atomic mass is 16.5. The van der Waals surface area contributed by atoms with E-state index in [1.807, 2.05) is 42.7 Å². The highest BCUT2D eigenvalue weighted by Gasteiger charge is 2.24. The van der Waals surface area contributed by atoms with Crippen molar-refractivity contribution in [2.75, 3.05) is 7.11 Å². The van der Waals surface area contributed by atoms with E-state index < -0.39 is 12.0 Å². The van der Waals surface area contributed by atoms with Crippen LogP contribution in [0.5, 0.6) is 0 Å². The third kappa shape index (κ3) is 4.26. The maximum atomic E-state index is 12.2. The van der Waals surface area contributed by atoms with Crippen LogP contribution in [0.2, 0.25) is 0 Å². The fourth-order valence-corrected chi connectivity index (χ4v) is 2.80. The van der Waals surface area contributed by atoms with Crippen molar-refractivity contribution in [2.24, 2.45) is 5.92 Å². The number of nitrogens with one attached hydrogen (secondary N) is 1. The van der Waals surface area contributed by atoms with Crippen LogP contribution in [0.1, 0.15) is 37.6 Å². The van der Waals surface area contributed by atoms with Gasteiger partial charge in [0.15, 0.2) is 5.78 Å². The molecule has 0 aliphatic heterocycles. The molecule has 0 saturated heterocycles. The highest BCUT2D eigenvalue weighted by Crippen LogP contribution is 2.22. The highest BCUT2D eigenvalue weighted by molar-refractivity contribution is 6.07. The van der Waals surface area contributed by atoms with Gasteiger partial charge in [-0.1, -0.05) is 32.0 Å². The molecule has 1 heterocycles. The number of hydrogen-bond donors (Lipinski definition) is 1. The number of ketones is 1. The molecule has 25 heavy (non-hydrogen) atoms. The lowest BCUT2D eigenvalue weighted by Gasteiger charge is -2.19. The van der Waals surface area contributed by atoms with Crippen LogP contribution in [0.4, 0.5) is 0 Å². The standard InChI is InChI=1S/C19H24N2O4/c1-12(2)18(19(24)25-4)20-17(23)9-10-21-11-15(13(3)22)14-7-5-6-8-16(14)21/h5-8,11-12,18H,9-10H2,1-4H3,(H,20,23). The first-order valence-electron chi connectivity index (χ1n) is 8.31. The van der Waals surface area contributed by atoms with Gasteiger partial charge < -0.3 is 14.6 Å². The summed E-state index contributed by atoms with van der Waals surface area (Å²) < 4.78 is 6.63. The number of benzene rings is 1. The molecule has 0 radical (unpaired) electrons. The van der Waals surface area contributed by atoms with E-state index in [0.717, 1.165) is 10.9 Å². The minimum Gasteiger partial charge on any atom is -0.467 e.